The fourth-order valence-electron chi connectivity index (χ4n) is 2.80. The Morgan fingerprint density at radius 3 is 2.79 bits per heavy atom. The second-order valence-corrected chi connectivity index (χ2v) is 7.56. The van der Waals surface area contributed by atoms with Crippen molar-refractivity contribution in [2.24, 2.45) is 4.99 Å². The number of nitrogens with one attached hydrogen (secondary N) is 1. The van der Waals surface area contributed by atoms with Crippen molar-refractivity contribution in [3.05, 3.63) is 64.4 Å². The molecule has 0 saturated heterocycles. The van der Waals surface area contributed by atoms with E-state index in [9.17, 15) is 0 Å². The summed E-state index contributed by atoms with van der Waals surface area (Å²) in [6.07, 6.45) is 1.98. The highest BCUT2D eigenvalue weighted by Crippen LogP contribution is 2.21. The van der Waals surface area contributed by atoms with Gasteiger partial charge in [-0.25, -0.2) is 14.7 Å². The molecular formula is C21H28N6OS. The first kappa shape index (κ1) is 21.0. The van der Waals surface area contributed by atoms with Crippen molar-refractivity contribution in [2.75, 3.05) is 20.7 Å². The molecular weight excluding hydrogens is 384 g/mol. The number of methoxy groups -OCH3 is 1. The summed E-state index contributed by atoms with van der Waals surface area (Å²) < 4.78 is 7.22. The van der Waals surface area contributed by atoms with Crippen LogP contribution in [0.3, 0.4) is 0 Å². The monoisotopic (exact) mass is 412 g/mol. The van der Waals surface area contributed by atoms with E-state index in [1.165, 1.54) is 0 Å². The fourth-order valence-corrected chi connectivity index (χ4v) is 3.64. The molecule has 0 aliphatic heterocycles. The number of benzene rings is 1. The number of aromatic nitrogens is 3. The topological polar surface area (TPSA) is 67.6 Å². The number of ether oxygens (including phenoxy) is 1. The lowest BCUT2D eigenvalue weighted by molar-refractivity contribution is 0.119. The Balaban J connectivity index is 1.66. The third-order valence-corrected chi connectivity index (χ3v) is 5.48. The highest BCUT2D eigenvalue weighted by atomic mass is 32.1. The SMILES string of the molecule is CCNC(=NCc1ccn(-c2ccccc2)n1)N(C)Cc1csc(C(C)OC)n1. The van der Waals surface area contributed by atoms with Crippen LogP contribution < -0.4 is 5.32 Å². The zero-order valence-electron chi connectivity index (χ0n) is 17.4. The smallest absolute Gasteiger partial charge is 0.194 e. The minimum absolute atomic E-state index is 0.0145. The molecule has 1 unspecified atom stereocenters. The van der Waals surface area contributed by atoms with Gasteiger partial charge in [0.25, 0.3) is 0 Å². The van der Waals surface area contributed by atoms with E-state index in [4.69, 9.17) is 9.73 Å². The van der Waals surface area contributed by atoms with E-state index in [1.807, 2.05) is 61.2 Å². The minimum Gasteiger partial charge on any atom is -0.375 e. The van der Waals surface area contributed by atoms with E-state index in [2.05, 4.69) is 32.6 Å². The second kappa shape index (κ2) is 10.2. The van der Waals surface area contributed by atoms with Crippen LogP contribution in [0, 0.1) is 0 Å². The van der Waals surface area contributed by atoms with Gasteiger partial charge in [0.1, 0.15) is 11.1 Å². The van der Waals surface area contributed by atoms with Crippen LogP contribution in [0.4, 0.5) is 0 Å². The van der Waals surface area contributed by atoms with Gasteiger partial charge in [-0.1, -0.05) is 18.2 Å². The Hall–Kier alpha value is -2.71. The lowest BCUT2D eigenvalue weighted by atomic mass is 10.3. The van der Waals surface area contributed by atoms with Gasteiger partial charge in [0.15, 0.2) is 5.96 Å². The van der Waals surface area contributed by atoms with E-state index in [0.29, 0.717) is 13.1 Å². The normalized spacial score (nSPS) is 12.8. The van der Waals surface area contributed by atoms with Gasteiger partial charge in [-0.15, -0.1) is 11.3 Å². The first-order chi connectivity index (χ1) is 14.1. The Morgan fingerprint density at radius 2 is 2.07 bits per heavy atom. The molecule has 0 bridgehead atoms. The van der Waals surface area contributed by atoms with Crippen LogP contribution in [0.1, 0.15) is 36.3 Å². The van der Waals surface area contributed by atoms with E-state index in [1.54, 1.807) is 18.4 Å². The van der Waals surface area contributed by atoms with Crippen LogP contribution >= 0.6 is 11.3 Å². The minimum atomic E-state index is 0.0145. The molecule has 1 atom stereocenters. The quantitative estimate of drug-likeness (QED) is 0.452. The van der Waals surface area contributed by atoms with Gasteiger partial charge in [0, 0.05) is 32.3 Å². The Labute approximate surface area is 176 Å². The van der Waals surface area contributed by atoms with E-state index in [-0.39, 0.29) is 6.10 Å². The Morgan fingerprint density at radius 1 is 1.28 bits per heavy atom. The highest BCUT2D eigenvalue weighted by molar-refractivity contribution is 7.09. The highest BCUT2D eigenvalue weighted by Gasteiger charge is 2.13. The van der Waals surface area contributed by atoms with Crippen LogP contribution in [0.2, 0.25) is 0 Å². The average molecular weight is 413 g/mol. The van der Waals surface area contributed by atoms with Crippen molar-refractivity contribution < 1.29 is 4.74 Å². The molecule has 2 aromatic heterocycles. The van der Waals surface area contributed by atoms with Crippen molar-refractivity contribution in [1.82, 2.24) is 25.0 Å². The van der Waals surface area contributed by atoms with Crippen molar-refractivity contribution in [1.29, 1.82) is 0 Å². The van der Waals surface area contributed by atoms with Crippen LogP contribution in [0.25, 0.3) is 5.69 Å². The molecule has 154 valence electrons. The van der Waals surface area contributed by atoms with Crippen molar-refractivity contribution in [2.45, 2.75) is 33.0 Å². The molecule has 7 nitrogen and oxygen atoms in total. The number of rotatable bonds is 8. The summed E-state index contributed by atoms with van der Waals surface area (Å²) in [5.41, 5.74) is 2.97. The molecule has 0 fully saturated rings. The van der Waals surface area contributed by atoms with E-state index < -0.39 is 0 Å². The average Bonchev–Trinajstić information content (AvgIpc) is 3.41. The number of thiazole rings is 1. The molecule has 3 aromatic rings. The van der Waals surface area contributed by atoms with Gasteiger partial charge in [-0.2, -0.15) is 5.10 Å². The summed E-state index contributed by atoms with van der Waals surface area (Å²) in [6.45, 7) is 6.05. The van der Waals surface area contributed by atoms with Crippen molar-refractivity contribution in [3.63, 3.8) is 0 Å². The predicted octanol–water partition coefficient (Wildman–Crippen LogP) is 3.63. The largest absolute Gasteiger partial charge is 0.375 e. The molecule has 0 aliphatic carbocycles. The fraction of sp³-hybridized carbons (Fsp3) is 0.381. The maximum absolute atomic E-state index is 5.35. The van der Waals surface area contributed by atoms with Crippen LogP contribution in [0.15, 0.2) is 53.0 Å². The maximum atomic E-state index is 5.35. The van der Waals surface area contributed by atoms with E-state index >= 15 is 0 Å². The van der Waals surface area contributed by atoms with Gasteiger partial charge in [0.05, 0.1) is 30.2 Å². The Kier molecular flexibility index (Phi) is 7.37. The number of nitrogens with zero attached hydrogens (tertiary/aromatic N) is 5. The molecule has 3 rings (SSSR count). The van der Waals surface area contributed by atoms with Gasteiger partial charge >= 0.3 is 0 Å². The first-order valence-electron chi connectivity index (χ1n) is 9.67. The Bertz CT molecular complexity index is 920. The third kappa shape index (κ3) is 5.65. The molecule has 0 saturated carbocycles. The van der Waals surface area contributed by atoms with Gasteiger partial charge in [0.2, 0.25) is 0 Å². The summed E-state index contributed by atoms with van der Waals surface area (Å²) in [5, 5.41) is 11.0. The van der Waals surface area contributed by atoms with Crippen molar-refractivity contribution in [3.8, 4) is 5.69 Å². The molecule has 0 radical (unpaired) electrons. The molecule has 1 aromatic carbocycles. The molecule has 29 heavy (non-hydrogen) atoms. The van der Waals surface area contributed by atoms with Crippen LogP contribution in [0.5, 0.6) is 0 Å². The zero-order chi connectivity index (χ0) is 20.6. The molecule has 2 heterocycles. The standard InChI is InChI=1S/C21H28N6OS/c1-5-22-21(26(3)14-18-15-29-20(24-18)16(2)28-4)23-13-17-11-12-27(25-17)19-9-7-6-8-10-19/h6-12,15-16H,5,13-14H2,1-4H3,(H,22,23). The predicted molar refractivity (Wildman–Crippen MR) is 117 cm³/mol. The summed E-state index contributed by atoms with van der Waals surface area (Å²) in [7, 11) is 3.72. The first-order valence-corrected chi connectivity index (χ1v) is 10.5. The maximum Gasteiger partial charge on any atom is 0.194 e. The summed E-state index contributed by atoms with van der Waals surface area (Å²) >= 11 is 1.62. The van der Waals surface area contributed by atoms with Crippen LogP contribution in [-0.2, 0) is 17.8 Å². The van der Waals surface area contributed by atoms with Gasteiger partial charge < -0.3 is 15.0 Å². The zero-order valence-corrected chi connectivity index (χ0v) is 18.2. The molecule has 0 aliphatic rings. The molecule has 1 N–H and O–H groups in total. The van der Waals surface area contributed by atoms with Gasteiger partial charge in [-0.05, 0) is 32.0 Å². The van der Waals surface area contributed by atoms with Crippen molar-refractivity contribution >= 4 is 17.3 Å². The molecule has 0 spiro atoms. The number of hydrogen-bond donors (Lipinski definition) is 1. The number of aliphatic imine (C=N–C) groups is 1. The third-order valence-electron chi connectivity index (χ3n) is 4.42. The lowest BCUT2D eigenvalue weighted by Gasteiger charge is -2.21. The molecule has 8 heteroatoms. The number of hydrogen-bond acceptors (Lipinski definition) is 5. The summed E-state index contributed by atoms with van der Waals surface area (Å²) in [4.78, 5) is 11.5. The van der Waals surface area contributed by atoms with Gasteiger partial charge in [-0.3, -0.25) is 0 Å². The van der Waals surface area contributed by atoms with E-state index in [0.717, 1.165) is 34.6 Å². The lowest BCUT2D eigenvalue weighted by Crippen LogP contribution is -2.38. The second-order valence-electron chi connectivity index (χ2n) is 6.67. The number of para-hydroxylation sites is 1. The van der Waals surface area contributed by atoms with Crippen LogP contribution in [-0.4, -0.2) is 46.3 Å². The summed E-state index contributed by atoms with van der Waals surface area (Å²) in [6, 6.07) is 12.1. The summed E-state index contributed by atoms with van der Waals surface area (Å²) in [5.74, 6) is 0.830. The number of guanidine groups is 1. The molecule has 0 amide bonds.